The van der Waals surface area contributed by atoms with Gasteiger partial charge in [0.1, 0.15) is 5.82 Å². The molecule has 28 heavy (non-hydrogen) atoms. The fourth-order valence-corrected chi connectivity index (χ4v) is 4.95. The van der Waals surface area contributed by atoms with Crippen molar-refractivity contribution in [2.45, 2.75) is 63.4 Å². The molecule has 9 heteroatoms. The number of aromatic nitrogens is 2. The molecule has 0 spiro atoms. The smallest absolute Gasteiger partial charge is 0.307 e. The molecule has 2 N–H and O–H groups in total. The molecule has 0 saturated carbocycles. The van der Waals surface area contributed by atoms with Crippen molar-refractivity contribution in [2.75, 3.05) is 5.32 Å². The second-order valence-electron chi connectivity index (χ2n) is 7.60. The van der Waals surface area contributed by atoms with Crippen molar-refractivity contribution in [3.8, 4) is 0 Å². The summed E-state index contributed by atoms with van der Waals surface area (Å²) in [6.07, 6.45) is 5.87. The number of hydrogen-bond donors (Lipinski definition) is 2. The van der Waals surface area contributed by atoms with Crippen molar-refractivity contribution >= 4 is 21.7 Å². The average molecular weight is 406 g/mol. The topological polar surface area (TPSA) is 93.1 Å². The number of anilines is 1. The van der Waals surface area contributed by atoms with Crippen molar-refractivity contribution < 1.29 is 17.6 Å². The summed E-state index contributed by atoms with van der Waals surface area (Å²) in [5.41, 5.74) is 3.51. The maximum atomic E-state index is 14.7. The lowest BCUT2D eigenvalue weighted by Gasteiger charge is -2.17. The summed E-state index contributed by atoms with van der Waals surface area (Å²) in [5.74, 6) is -0.141. The zero-order valence-electron chi connectivity index (χ0n) is 15.9. The summed E-state index contributed by atoms with van der Waals surface area (Å²) in [6, 6.07) is 0.499. The van der Waals surface area contributed by atoms with E-state index in [0.29, 0.717) is 42.5 Å². The van der Waals surface area contributed by atoms with Crippen LogP contribution in [0.4, 0.5) is 14.9 Å². The number of hydrogen-bond acceptors (Lipinski definition) is 4. The molecule has 2 aliphatic carbocycles. The predicted molar refractivity (Wildman–Crippen MR) is 102 cm³/mol. The molecule has 1 aromatic carbocycles. The first-order valence-electron chi connectivity index (χ1n) is 9.52. The SMILES string of the molecule is CC(C)n1ccc(S(=O)(=O)NC(=O)Nc2c3c(c(F)c4c2CCC4)CCC3)n1. The number of nitrogens with one attached hydrogen (secondary N) is 2. The van der Waals surface area contributed by atoms with Crippen LogP contribution in [0.2, 0.25) is 0 Å². The van der Waals surface area contributed by atoms with Gasteiger partial charge in [0.2, 0.25) is 0 Å². The first-order valence-corrected chi connectivity index (χ1v) is 11.0. The van der Waals surface area contributed by atoms with Crippen molar-refractivity contribution in [1.82, 2.24) is 14.5 Å². The quantitative estimate of drug-likeness (QED) is 0.816. The molecular weight excluding hydrogens is 383 g/mol. The zero-order valence-corrected chi connectivity index (χ0v) is 16.7. The standard InChI is InChI=1S/C19H23FN4O3S/c1-11(2)24-10-9-16(22-24)28(26,27)23-19(25)21-18-14-7-3-5-12(14)17(20)13-6-4-8-15(13)18/h9-11H,3-8H2,1-2H3,(H2,21,23,25). The summed E-state index contributed by atoms with van der Waals surface area (Å²) in [6.45, 7) is 3.75. The lowest BCUT2D eigenvalue weighted by Crippen LogP contribution is -2.35. The molecule has 7 nitrogen and oxygen atoms in total. The Labute approximate surface area is 163 Å². The Morgan fingerprint density at radius 3 is 2.21 bits per heavy atom. The minimum atomic E-state index is -4.10. The molecule has 0 unspecified atom stereocenters. The van der Waals surface area contributed by atoms with Crippen molar-refractivity contribution in [3.63, 3.8) is 0 Å². The minimum absolute atomic E-state index is 0.00201. The van der Waals surface area contributed by atoms with Gasteiger partial charge in [0, 0.05) is 17.9 Å². The number of halogens is 1. The zero-order chi connectivity index (χ0) is 20.1. The number of sulfonamides is 1. The van der Waals surface area contributed by atoms with Crippen LogP contribution in [0.15, 0.2) is 17.3 Å². The Morgan fingerprint density at radius 2 is 1.68 bits per heavy atom. The summed E-state index contributed by atoms with van der Waals surface area (Å²) < 4.78 is 43.2. The van der Waals surface area contributed by atoms with E-state index in [1.807, 2.05) is 18.6 Å². The van der Waals surface area contributed by atoms with Gasteiger partial charge in [0.05, 0.1) is 0 Å². The highest BCUT2D eigenvalue weighted by molar-refractivity contribution is 7.90. The Balaban J connectivity index is 1.59. The van der Waals surface area contributed by atoms with Crippen LogP contribution < -0.4 is 10.0 Å². The van der Waals surface area contributed by atoms with E-state index in [0.717, 1.165) is 24.0 Å². The number of rotatable bonds is 4. The molecular formula is C19H23FN4O3S. The highest BCUT2D eigenvalue weighted by atomic mass is 32.2. The van der Waals surface area contributed by atoms with E-state index >= 15 is 0 Å². The number of carbonyl (C=O) groups is 1. The van der Waals surface area contributed by atoms with E-state index < -0.39 is 16.1 Å². The Hall–Kier alpha value is -2.42. The van der Waals surface area contributed by atoms with Crippen LogP contribution in [-0.2, 0) is 35.7 Å². The van der Waals surface area contributed by atoms with E-state index in [4.69, 9.17) is 0 Å². The van der Waals surface area contributed by atoms with Crippen LogP contribution in [0.25, 0.3) is 0 Å². The van der Waals surface area contributed by atoms with Gasteiger partial charge in [-0.1, -0.05) is 0 Å². The fourth-order valence-electron chi connectivity index (χ4n) is 4.10. The molecule has 1 heterocycles. The van der Waals surface area contributed by atoms with Gasteiger partial charge in [-0.25, -0.2) is 13.9 Å². The molecule has 0 fully saturated rings. The van der Waals surface area contributed by atoms with Gasteiger partial charge < -0.3 is 5.32 Å². The van der Waals surface area contributed by atoms with Gasteiger partial charge in [-0.2, -0.15) is 13.5 Å². The predicted octanol–water partition coefficient (Wildman–Crippen LogP) is 3.09. The molecule has 0 atom stereocenters. The molecule has 1 aromatic heterocycles. The molecule has 0 saturated heterocycles. The Bertz CT molecular complexity index is 1020. The molecule has 2 amide bonds. The minimum Gasteiger partial charge on any atom is -0.307 e. The maximum Gasteiger partial charge on any atom is 0.333 e. The van der Waals surface area contributed by atoms with Crippen LogP contribution in [0.5, 0.6) is 0 Å². The van der Waals surface area contributed by atoms with E-state index in [1.165, 1.54) is 10.7 Å². The van der Waals surface area contributed by atoms with E-state index in [1.54, 1.807) is 6.20 Å². The maximum absolute atomic E-state index is 14.7. The van der Waals surface area contributed by atoms with Gasteiger partial charge in [0.25, 0.3) is 10.0 Å². The molecule has 0 bridgehead atoms. The summed E-state index contributed by atoms with van der Waals surface area (Å²) in [5, 5.41) is 6.48. The van der Waals surface area contributed by atoms with Crippen molar-refractivity contribution in [1.29, 1.82) is 0 Å². The van der Waals surface area contributed by atoms with Gasteiger partial charge in [-0.3, -0.25) is 4.68 Å². The first kappa shape index (κ1) is 18.9. The third-order valence-electron chi connectivity index (χ3n) is 5.42. The van der Waals surface area contributed by atoms with Gasteiger partial charge in [-0.05, 0) is 80.7 Å². The lowest BCUT2D eigenvalue weighted by molar-refractivity contribution is 0.256. The third-order valence-corrected chi connectivity index (χ3v) is 6.65. The fraction of sp³-hybridized carbons (Fsp3) is 0.474. The summed E-state index contributed by atoms with van der Waals surface area (Å²) >= 11 is 0. The van der Waals surface area contributed by atoms with Crippen molar-refractivity contribution in [3.05, 3.63) is 40.3 Å². The van der Waals surface area contributed by atoms with Crippen LogP contribution >= 0.6 is 0 Å². The first-order chi connectivity index (χ1) is 13.3. The van der Waals surface area contributed by atoms with E-state index in [-0.39, 0.29) is 16.9 Å². The van der Waals surface area contributed by atoms with Crippen molar-refractivity contribution in [2.24, 2.45) is 0 Å². The number of amides is 2. The molecule has 4 rings (SSSR count). The number of carbonyl (C=O) groups excluding carboxylic acids is 1. The second kappa shape index (κ2) is 6.88. The number of nitrogens with zero attached hydrogens (tertiary/aromatic N) is 2. The van der Waals surface area contributed by atoms with Crippen LogP contribution in [0.3, 0.4) is 0 Å². The molecule has 2 aliphatic rings. The van der Waals surface area contributed by atoms with E-state index in [2.05, 4.69) is 10.4 Å². The molecule has 0 radical (unpaired) electrons. The molecule has 2 aromatic rings. The molecule has 150 valence electrons. The van der Waals surface area contributed by atoms with Crippen LogP contribution in [0, 0.1) is 5.82 Å². The lowest BCUT2D eigenvalue weighted by atomic mass is 9.98. The van der Waals surface area contributed by atoms with Crippen LogP contribution in [0.1, 0.15) is 55.0 Å². The second-order valence-corrected chi connectivity index (χ2v) is 9.23. The number of urea groups is 1. The van der Waals surface area contributed by atoms with Gasteiger partial charge in [-0.15, -0.1) is 0 Å². The highest BCUT2D eigenvalue weighted by Gasteiger charge is 2.30. The largest absolute Gasteiger partial charge is 0.333 e. The Kier molecular flexibility index (Phi) is 4.65. The summed E-state index contributed by atoms with van der Waals surface area (Å²) in [4.78, 5) is 12.5. The number of benzene rings is 1. The van der Waals surface area contributed by atoms with E-state index in [9.17, 15) is 17.6 Å². The highest BCUT2D eigenvalue weighted by Crippen LogP contribution is 2.40. The summed E-state index contributed by atoms with van der Waals surface area (Å²) in [7, 11) is -4.10. The molecule has 0 aliphatic heterocycles. The van der Waals surface area contributed by atoms with Crippen LogP contribution in [-0.4, -0.2) is 24.2 Å². The monoisotopic (exact) mass is 406 g/mol. The van der Waals surface area contributed by atoms with Gasteiger partial charge in [0.15, 0.2) is 5.03 Å². The Morgan fingerprint density at radius 1 is 1.11 bits per heavy atom. The average Bonchev–Trinajstić information content (AvgIpc) is 3.38. The normalized spacial score (nSPS) is 15.6. The number of fused-ring (bicyclic) bond motifs is 2. The van der Waals surface area contributed by atoms with Gasteiger partial charge >= 0.3 is 6.03 Å². The third kappa shape index (κ3) is 3.17.